The van der Waals surface area contributed by atoms with Gasteiger partial charge in [0.25, 0.3) is 0 Å². The zero-order valence-electron chi connectivity index (χ0n) is 10.6. The van der Waals surface area contributed by atoms with Crippen LogP contribution in [0.5, 0.6) is 0 Å². The number of hydrogen-bond donors (Lipinski definition) is 1. The van der Waals surface area contributed by atoms with Crippen LogP contribution in [-0.4, -0.2) is 28.1 Å². The maximum atomic E-state index is 9.63. The van der Waals surface area contributed by atoms with E-state index in [-0.39, 0.29) is 64.4 Å². The molecule has 11 heteroatoms. The fourth-order valence-corrected chi connectivity index (χ4v) is 0.271. The largest absolute Gasteiger partial charge is 3.00 e. The standard InChI is InChI=1S/2C4H8N2O2.2ClH.Co/c2*1-3(5-7)4(2)6-8;;;/h2*7-8H,1-2H3;2*1H;/q;;;;+3/p-3. The summed E-state index contributed by atoms with van der Waals surface area (Å²) in [5, 5.41) is 47.1. The monoisotopic (exact) mass is 360 g/mol. The van der Waals surface area contributed by atoms with Crippen molar-refractivity contribution in [3.63, 3.8) is 0 Å². The molecule has 8 nitrogen and oxygen atoms in total. The Morgan fingerprint density at radius 1 is 0.684 bits per heavy atom. The molecule has 0 aliphatic carbocycles. The summed E-state index contributed by atoms with van der Waals surface area (Å²) in [5.41, 5.74) is 0.729. The predicted molar refractivity (Wildman–Crippen MR) is 78.8 cm³/mol. The van der Waals surface area contributed by atoms with E-state index in [1.165, 1.54) is 27.7 Å². The van der Waals surface area contributed by atoms with Gasteiger partial charge in [0.05, 0.1) is 11.4 Å². The van der Waals surface area contributed by atoms with Crippen LogP contribution in [0.25, 0.3) is 0 Å². The van der Waals surface area contributed by atoms with E-state index in [0.29, 0.717) is 0 Å². The van der Waals surface area contributed by atoms with Gasteiger partial charge in [-0.05, 0) is 27.7 Å². The second-order valence-corrected chi connectivity index (χ2v) is 2.72. The van der Waals surface area contributed by atoms with Gasteiger partial charge in [0.1, 0.15) is 0 Å². The maximum Gasteiger partial charge on any atom is 3.00 e. The Morgan fingerprint density at radius 2 is 0.895 bits per heavy atom. The Morgan fingerprint density at radius 3 is 1.00 bits per heavy atom. The number of halogens is 2. The minimum atomic E-state index is 0. The summed E-state index contributed by atoms with van der Waals surface area (Å²) in [7, 11) is 0. The normalized spacial score (nSPS) is 12.0. The van der Waals surface area contributed by atoms with Crippen LogP contribution < -0.4 is 0 Å². The van der Waals surface area contributed by atoms with Crippen molar-refractivity contribution in [1.82, 2.24) is 0 Å². The number of rotatable bonds is 2. The molecular formula is C8H15Cl2CoN4O4. The zero-order chi connectivity index (χ0) is 13.1. The van der Waals surface area contributed by atoms with E-state index in [4.69, 9.17) is 5.21 Å². The molecule has 0 saturated carbocycles. The first kappa shape index (κ1) is 30.8. The third-order valence-electron chi connectivity index (χ3n) is 1.61. The van der Waals surface area contributed by atoms with Gasteiger partial charge in [-0.3, -0.25) is 0 Å². The third-order valence-corrected chi connectivity index (χ3v) is 1.61. The average molecular weight is 361 g/mol. The van der Waals surface area contributed by atoms with Crippen molar-refractivity contribution in [3.05, 3.63) is 15.6 Å². The summed E-state index contributed by atoms with van der Waals surface area (Å²) in [6.07, 6.45) is 0. The van der Waals surface area contributed by atoms with Gasteiger partial charge in [-0.15, -0.1) is 24.8 Å². The van der Waals surface area contributed by atoms with Crippen LogP contribution >= 0.6 is 24.8 Å². The molecule has 0 rings (SSSR count). The Labute approximate surface area is 134 Å². The SMILES string of the molecule is CC(=N[O-])C(C)=NO.CC(=N[O-])C(C)=N[O-].Cl.Cl.[Co+3]. The smallest absolute Gasteiger partial charge is 0.792 e. The Balaban J connectivity index is -0.0000000594. The first-order valence-corrected chi connectivity index (χ1v) is 4.14. The van der Waals surface area contributed by atoms with Crippen molar-refractivity contribution in [2.75, 3.05) is 0 Å². The maximum absolute atomic E-state index is 9.63. The summed E-state index contributed by atoms with van der Waals surface area (Å²) in [6.45, 7) is 5.84. The van der Waals surface area contributed by atoms with Crippen LogP contribution in [0, 0.1) is 15.6 Å². The minimum absolute atomic E-state index is 0. The molecule has 0 aromatic heterocycles. The zero-order valence-corrected chi connectivity index (χ0v) is 13.3. The van der Waals surface area contributed by atoms with E-state index in [9.17, 15) is 15.6 Å². The molecular weight excluding hydrogens is 346 g/mol. The molecule has 0 aromatic carbocycles. The third kappa shape index (κ3) is 17.0. The van der Waals surface area contributed by atoms with Gasteiger partial charge in [-0.2, -0.15) is 0 Å². The van der Waals surface area contributed by atoms with Crippen LogP contribution in [0.2, 0.25) is 0 Å². The van der Waals surface area contributed by atoms with Crippen LogP contribution in [0.15, 0.2) is 20.6 Å². The number of nitrogens with zero attached hydrogens (tertiary/aromatic N) is 4. The van der Waals surface area contributed by atoms with Crippen molar-refractivity contribution in [3.8, 4) is 0 Å². The van der Waals surface area contributed by atoms with Crippen molar-refractivity contribution >= 4 is 47.7 Å². The molecule has 0 amide bonds. The molecule has 0 aromatic rings. The minimum Gasteiger partial charge on any atom is -0.792 e. The molecule has 0 aliphatic rings. The molecule has 0 spiro atoms. The molecule has 0 fully saturated rings. The van der Waals surface area contributed by atoms with Crippen molar-refractivity contribution in [2.45, 2.75) is 27.7 Å². The quantitative estimate of drug-likeness (QED) is 0.459. The molecule has 19 heavy (non-hydrogen) atoms. The van der Waals surface area contributed by atoms with Crippen molar-refractivity contribution in [2.24, 2.45) is 20.6 Å². The Kier molecular flexibility index (Phi) is 31.3. The second kappa shape index (κ2) is 19.3. The Bertz CT molecular complexity index is 271. The Hall–Kier alpha value is -1.03. The summed E-state index contributed by atoms with van der Waals surface area (Å²) < 4.78 is 0. The molecule has 0 unspecified atom stereocenters. The predicted octanol–water partition coefficient (Wildman–Crippen LogP) is 2.54. The first-order chi connectivity index (χ1) is 7.44. The molecule has 0 saturated heterocycles. The topological polar surface area (TPSA) is 139 Å². The average Bonchev–Trinajstić information content (AvgIpc) is 2.35. The fourth-order valence-electron chi connectivity index (χ4n) is 0.271. The molecule has 0 heterocycles. The van der Waals surface area contributed by atoms with Crippen LogP contribution in [-0.2, 0) is 16.8 Å². The number of hydrogen-bond acceptors (Lipinski definition) is 8. The molecule has 0 aliphatic heterocycles. The summed E-state index contributed by atoms with van der Waals surface area (Å²) >= 11 is 0. The van der Waals surface area contributed by atoms with Crippen LogP contribution in [0.3, 0.4) is 0 Å². The van der Waals surface area contributed by atoms with E-state index >= 15 is 0 Å². The number of oxime groups is 1. The van der Waals surface area contributed by atoms with Gasteiger partial charge < -0.3 is 36.3 Å². The van der Waals surface area contributed by atoms with Crippen molar-refractivity contribution in [1.29, 1.82) is 0 Å². The summed E-state index contributed by atoms with van der Waals surface area (Å²) in [4.78, 5) is 0. The molecule has 0 radical (unpaired) electrons. The van der Waals surface area contributed by atoms with E-state index in [0.717, 1.165) is 0 Å². The van der Waals surface area contributed by atoms with E-state index < -0.39 is 0 Å². The van der Waals surface area contributed by atoms with Crippen LogP contribution in [0.4, 0.5) is 0 Å². The second-order valence-electron chi connectivity index (χ2n) is 2.72. The van der Waals surface area contributed by atoms with Crippen molar-refractivity contribution < 1.29 is 22.0 Å². The van der Waals surface area contributed by atoms with E-state index in [2.05, 4.69) is 20.6 Å². The van der Waals surface area contributed by atoms with Gasteiger partial charge in [0.2, 0.25) is 0 Å². The summed E-state index contributed by atoms with van der Waals surface area (Å²) in [5.74, 6) is 0. The van der Waals surface area contributed by atoms with E-state index in [1.54, 1.807) is 0 Å². The molecule has 1 N–H and O–H groups in total. The van der Waals surface area contributed by atoms with Gasteiger partial charge in [0, 0.05) is 11.4 Å². The molecule has 114 valence electrons. The molecule has 0 atom stereocenters. The summed E-state index contributed by atoms with van der Waals surface area (Å²) in [6, 6.07) is 0. The van der Waals surface area contributed by atoms with Gasteiger partial charge in [0.15, 0.2) is 0 Å². The van der Waals surface area contributed by atoms with E-state index in [1.807, 2.05) is 0 Å². The van der Waals surface area contributed by atoms with Crippen LogP contribution in [0.1, 0.15) is 27.7 Å². The first-order valence-electron chi connectivity index (χ1n) is 4.14. The molecule has 0 bridgehead atoms. The van der Waals surface area contributed by atoms with Gasteiger partial charge in [-0.25, -0.2) is 0 Å². The van der Waals surface area contributed by atoms with Gasteiger partial charge in [-0.1, -0.05) is 5.16 Å². The van der Waals surface area contributed by atoms with Gasteiger partial charge >= 0.3 is 16.8 Å². The fraction of sp³-hybridized carbons (Fsp3) is 0.500.